The van der Waals surface area contributed by atoms with Crippen molar-refractivity contribution in [1.82, 2.24) is 9.13 Å². The van der Waals surface area contributed by atoms with E-state index in [4.69, 9.17) is 0 Å². The second kappa shape index (κ2) is 6.17. The van der Waals surface area contributed by atoms with Crippen molar-refractivity contribution in [1.29, 1.82) is 0 Å². The first kappa shape index (κ1) is 14.7. The van der Waals surface area contributed by atoms with Gasteiger partial charge in [0, 0.05) is 19.8 Å². The van der Waals surface area contributed by atoms with Crippen LogP contribution in [0.4, 0.5) is 0 Å². The van der Waals surface area contributed by atoms with Crippen molar-refractivity contribution in [2.45, 2.75) is 13.5 Å². The van der Waals surface area contributed by atoms with Crippen LogP contribution in [0.15, 0.2) is 52.2 Å². The molecule has 1 heterocycles. The van der Waals surface area contributed by atoms with Crippen LogP contribution in [-0.4, -0.2) is 14.9 Å². The predicted molar refractivity (Wildman–Crippen MR) is 81.4 cm³/mol. The molecule has 0 radical (unpaired) electrons. The minimum Gasteiger partial charge on any atom is -0.296 e. The molecule has 1 aromatic heterocycles. The number of hydrogen-bond acceptors (Lipinski definition) is 3. The number of aromatic nitrogens is 2. The molecule has 0 aliphatic carbocycles. The van der Waals surface area contributed by atoms with Crippen molar-refractivity contribution >= 4 is 11.9 Å². The molecule has 2 rings (SSSR count). The van der Waals surface area contributed by atoms with E-state index in [1.807, 2.05) is 42.5 Å². The fraction of sp³-hybridized carbons (Fsp3) is 0.188. The molecule has 0 unspecified atom stereocenters. The Kier molecular flexibility index (Phi) is 4.33. The van der Waals surface area contributed by atoms with Gasteiger partial charge < -0.3 is 0 Å². The van der Waals surface area contributed by atoms with E-state index in [1.54, 1.807) is 0 Å². The zero-order chi connectivity index (χ0) is 15.4. The first-order valence-corrected chi connectivity index (χ1v) is 6.53. The molecule has 0 saturated heterocycles. The minimum atomic E-state index is -0.559. The third-order valence-corrected chi connectivity index (χ3v) is 3.14. The maximum absolute atomic E-state index is 12.0. The molecular formula is C16H16N2O3. The molecule has 0 amide bonds. The van der Waals surface area contributed by atoms with Gasteiger partial charge in [-0.15, -0.1) is 0 Å². The topological polar surface area (TPSA) is 61.1 Å². The third-order valence-electron chi connectivity index (χ3n) is 3.14. The fourth-order valence-corrected chi connectivity index (χ4v) is 1.97. The van der Waals surface area contributed by atoms with E-state index in [1.165, 1.54) is 24.7 Å². The zero-order valence-corrected chi connectivity index (χ0v) is 11.9. The lowest BCUT2D eigenvalue weighted by Crippen LogP contribution is -2.40. The molecule has 1 aromatic carbocycles. The number of carbonyl (C=O) groups excluding carboxylic acids is 1. The number of allylic oxidation sites excluding steroid dienone is 1. The molecule has 0 N–H and O–H groups in total. The van der Waals surface area contributed by atoms with E-state index in [-0.39, 0.29) is 11.3 Å². The van der Waals surface area contributed by atoms with Gasteiger partial charge in [-0.25, -0.2) is 4.79 Å². The maximum atomic E-state index is 12.0. The van der Waals surface area contributed by atoms with Gasteiger partial charge in [0.1, 0.15) is 0 Å². The van der Waals surface area contributed by atoms with Gasteiger partial charge in [-0.05, 0) is 12.5 Å². The van der Waals surface area contributed by atoms with Crippen LogP contribution in [0.3, 0.4) is 0 Å². The lowest BCUT2D eigenvalue weighted by atomic mass is 10.2. The highest BCUT2D eigenvalue weighted by atomic mass is 16.2. The van der Waals surface area contributed by atoms with Crippen LogP contribution in [-0.2, 0) is 13.6 Å². The van der Waals surface area contributed by atoms with Crippen LogP contribution >= 0.6 is 0 Å². The molecule has 5 heteroatoms. The molecule has 0 saturated carbocycles. The Hall–Kier alpha value is -2.69. The van der Waals surface area contributed by atoms with E-state index in [9.17, 15) is 14.4 Å². The summed E-state index contributed by atoms with van der Waals surface area (Å²) in [5.41, 5.74) is 0.0332. The fourth-order valence-electron chi connectivity index (χ4n) is 1.97. The number of ketones is 1. The molecular weight excluding hydrogens is 268 g/mol. The number of benzene rings is 1. The average molecular weight is 284 g/mol. The van der Waals surface area contributed by atoms with E-state index in [2.05, 4.69) is 0 Å². The smallest absolute Gasteiger partial charge is 0.296 e. The molecule has 21 heavy (non-hydrogen) atoms. The number of hydrogen-bond donors (Lipinski definition) is 0. The van der Waals surface area contributed by atoms with Crippen LogP contribution in [0.1, 0.15) is 22.8 Å². The van der Waals surface area contributed by atoms with Crippen molar-refractivity contribution in [3.05, 3.63) is 74.6 Å². The second-order valence-corrected chi connectivity index (χ2v) is 4.71. The van der Waals surface area contributed by atoms with Crippen LogP contribution in [0.2, 0.25) is 0 Å². The number of rotatable bonds is 4. The minimum absolute atomic E-state index is 0.0187. The molecule has 0 bridgehead atoms. The molecule has 5 nitrogen and oxygen atoms in total. The van der Waals surface area contributed by atoms with Gasteiger partial charge in [0.15, 0.2) is 5.78 Å². The zero-order valence-electron chi connectivity index (χ0n) is 11.9. The Morgan fingerprint density at radius 2 is 1.86 bits per heavy atom. The van der Waals surface area contributed by atoms with Crippen LogP contribution in [0, 0.1) is 0 Å². The second-order valence-electron chi connectivity index (χ2n) is 4.71. The van der Waals surface area contributed by atoms with E-state index in [0.717, 1.165) is 10.1 Å². The van der Waals surface area contributed by atoms with E-state index in [0.29, 0.717) is 6.54 Å². The van der Waals surface area contributed by atoms with E-state index >= 15 is 0 Å². The summed E-state index contributed by atoms with van der Waals surface area (Å²) in [6.07, 6.45) is 5.01. The maximum Gasteiger partial charge on any atom is 0.331 e. The van der Waals surface area contributed by atoms with Crippen molar-refractivity contribution in [3.63, 3.8) is 0 Å². The largest absolute Gasteiger partial charge is 0.331 e. The van der Waals surface area contributed by atoms with Crippen LogP contribution < -0.4 is 11.2 Å². The third kappa shape index (κ3) is 3.25. The standard InChI is InChI=1S/C16H16N2O3/c1-12(19)14-11-18(16(21)17(2)15(14)20)10-6-9-13-7-4-3-5-8-13/h3-9,11H,10H2,1-2H3. The first-order valence-electron chi connectivity index (χ1n) is 6.53. The Balaban J connectivity index is 2.33. The summed E-state index contributed by atoms with van der Waals surface area (Å²) in [7, 11) is 1.37. The van der Waals surface area contributed by atoms with Gasteiger partial charge in [-0.2, -0.15) is 0 Å². The first-order chi connectivity index (χ1) is 10.0. The Labute approximate surface area is 121 Å². The summed E-state index contributed by atoms with van der Waals surface area (Å²) in [6, 6.07) is 9.66. The summed E-state index contributed by atoms with van der Waals surface area (Å²) in [5.74, 6) is -0.351. The molecule has 0 fully saturated rings. The monoisotopic (exact) mass is 284 g/mol. The van der Waals surface area contributed by atoms with Gasteiger partial charge in [0.25, 0.3) is 5.56 Å². The molecule has 108 valence electrons. The summed E-state index contributed by atoms with van der Waals surface area (Å²) in [6.45, 7) is 1.60. The van der Waals surface area contributed by atoms with Crippen LogP contribution in [0.5, 0.6) is 0 Å². The van der Waals surface area contributed by atoms with Gasteiger partial charge in [-0.3, -0.25) is 18.7 Å². The van der Waals surface area contributed by atoms with Crippen LogP contribution in [0.25, 0.3) is 6.08 Å². The highest BCUT2D eigenvalue weighted by Crippen LogP contribution is 2.01. The number of Topliss-reactive ketones (excluding diaryl/α,β-unsaturated/α-hetero) is 1. The Morgan fingerprint density at radius 3 is 2.48 bits per heavy atom. The van der Waals surface area contributed by atoms with Crippen molar-refractivity contribution in [2.75, 3.05) is 0 Å². The lowest BCUT2D eigenvalue weighted by molar-refractivity contribution is 0.101. The summed E-state index contributed by atoms with van der Waals surface area (Å²) < 4.78 is 2.30. The number of carbonyl (C=O) groups is 1. The highest BCUT2D eigenvalue weighted by Gasteiger charge is 2.11. The summed E-state index contributed by atoms with van der Waals surface area (Å²) in [4.78, 5) is 35.2. The quantitative estimate of drug-likeness (QED) is 0.799. The van der Waals surface area contributed by atoms with E-state index < -0.39 is 11.2 Å². The molecule has 0 aliphatic heterocycles. The van der Waals surface area contributed by atoms with Gasteiger partial charge in [-0.1, -0.05) is 42.5 Å². The van der Waals surface area contributed by atoms with Gasteiger partial charge in [0.2, 0.25) is 0 Å². The lowest BCUT2D eigenvalue weighted by Gasteiger charge is -2.07. The highest BCUT2D eigenvalue weighted by molar-refractivity contribution is 5.93. The van der Waals surface area contributed by atoms with Crippen molar-refractivity contribution in [3.8, 4) is 0 Å². The van der Waals surface area contributed by atoms with Gasteiger partial charge >= 0.3 is 5.69 Å². The Bertz CT molecular complexity index is 799. The summed E-state index contributed by atoms with van der Waals surface area (Å²) in [5, 5.41) is 0. The normalized spacial score (nSPS) is 11.0. The Morgan fingerprint density at radius 1 is 1.19 bits per heavy atom. The van der Waals surface area contributed by atoms with Crippen molar-refractivity contribution in [2.24, 2.45) is 7.05 Å². The number of nitrogens with zero attached hydrogens (tertiary/aromatic N) is 2. The van der Waals surface area contributed by atoms with Crippen molar-refractivity contribution < 1.29 is 4.79 Å². The average Bonchev–Trinajstić information content (AvgIpc) is 2.48. The molecule has 0 spiro atoms. The molecule has 2 aromatic rings. The molecule has 0 atom stereocenters. The van der Waals surface area contributed by atoms with Gasteiger partial charge in [0.05, 0.1) is 5.56 Å². The molecule has 0 aliphatic rings. The summed E-state index contributed by atoms with van der Waals surface area (Å²) >= 11 is 0. The SMILES string of the molecule is CC(=O)c1cn(CC=Cc2ccccc2)c(=O)n(C)c1=O. The predicted octanol–water partition coefficient (Wildman–Crippen LogP) is 1.46.